The Bertz CT molecular complexity index is 459. The molecule has 0 aromatic heterocycles. The van der Waals surface area contributed by atoms with E-state index in [1.54, 1.807) is 6.08 Å². The molecule has 0 amide bonds. The summed E-state index contributed by atoms with van der Waals surface area (Å²) in [5.41, 5.74) is 0. The number of rotatable bonds is 4. The van der Waals surface area contributed by atoms with Crippen molar-refractivity contribution in [2.24, 2.45) is 17.8 Å². The van der Waals surface area contributed by atoms with Gasteiger partial charge < -0.3 is 14.9 Å². The van der Waals surface area contributed by atoms with Crippen molar-refractivity contribution in [3.63, 3.8) is 0 Å². The van der Waals surface area contributed by atoms with E-state index in [1.807, 2.05) is 19.9 Å². The molecule has 0 spiro atoms. The van der Waals surface area contributed by atoms with Crippen molar-refractivity contribution >= 4 is 5.97 Å². The van der Waals surface area contributed by atoms with Crippen LogP contribution in [0.15, 0.2) is 12.2 Å². The lowest BCUT2D eigenvalue weighted by atomic mass is 9.90. The lowest BCUT2D eigenvalue weighted by molar-refractivity contribution is -0.141. The summed E-state index contributed by atoms with van der Waals surface area (Å²) in [6.07, 6.45) is 4.69. The van der Waals surface area contributed by atoms with Crippen LogP contribution >= 0.6 is 0 Å². The van der Waals surface area contributed by atoms with Crippen molar-refractivity contribution in [1.29, 1.82) is 0 Å². The molecule has 0 aromatic carbocycles. The minimum atomic E-state index is -0.583. The first-order valence-corrected chi connectivity index (χ1v) is 7.72. The van der Waals surface area contributed by atoms with E-state index < -0.39 is 12.2 Å². The van der Waals surface area contributed by atoms with Crippen molar-refractivity contribution in [3.8, 4) is 11.8 Å². The van der Waals surface area contributed by atoms with Gasteiger partial charge in [-0.15, -0.1) is 11.8 Å². The fourth-order valence-electron chi connectivity index (χ4n) is 3.10. The maximum Gasteiger partial charge on any atom is 0.306 e. The second kappa shape index (κ2) is 7.11. The molecular formula is C17H24O4. The monoisotopic (exact) mass is 292 g/mol. The standard InChI is InChI=1S/C17H24O4/c1-3-4-5-6-11(2)14(18)8-7-12-13-9-17(20)21-16(13)10-15(12)19/h7-8,11-16,18-19H,3,6,9-10H2,1-2H3/b8-7+/t11-,12+,13+,14+,15+,16-/m0/s1. The third kappa shape index (κ3) is 3.87. The molecule has 21 heavy (non-hydrogen) atoms. The van der Waals surface area contributed by atoms with E-state index in [9.17, 15) is 15.0 Å². The van der Waals surface area contributed by atoms with Crippen LogP contribution in [-0.2, 0) is 9.53 Å². The molecule has 0 radical (unpaired) electrons. The Balaban J connectivity index is 1.91. The van der Waals surface area contributed by atoms with Gasteiger partial charge in [0.1, 0.15) is 6.10 Å². The molecule has 1 aliphatic carbocycles. The van der Waals surface area contributed by atoms with Gasteiger partial charge in [-0.1, -0.05) is 26.0 Å². The third-order valence-corrected chi connectivity index (χ3v) is 4.41. The lowest BCUT2D eigenvalue weighted by Crippen LogP contribution is -2.20. The number of esters is 1. The Morgan fingerprint density at radius 2 is 2.24 bits per heavy atom. The van der Waals surface area contributed by atoms with Gasteiger partial charge >= 0.3 is 5.97 Å². The van der Waals surface area contributed by atoms with Gasteiger partial charge in [0.2, 0.25) is 0 Å². The number of aliphatic hydroxyl groups is 2. The first kappa shape index (κ1) is 16.1. The summed E-state index contributed by atoms with van der Waals surface area (Å²) in [6, 6.07) is 0. The smallest absolute Gasteiger partial charge is 0.306 e. The molecule has 0 unspecified atom stereocenters. The summed E-state index contributed by atoms with van der Waals surface area (Å²) in [6.45, 7) is 3.95. The average Bonchev–Trinajstić information content (AvgIpc) is 2.91. The van der Waals surface area contributed by atoms with Crippen LogP contribution in [0.4, 0.5) is 0 Å². The highest BCUT2D eigenvalue weighted by atomic mass is 16.6. The molecule has 0 aromatic rings. The van der Waals surface area contributed by atoms with Gasteiger partial charge in [-0.3, -0.25) is 4.79 Å². The molecule has 4 nitrogen and oxygen atoms in total. The van der Waals surface area contributed by atoms with Crippen LogP contribution < -0.4 is 0 Å². The fourth-order valence-corrected chi connectivity index (χ4v) is 3.10. The van der Waals surface area contributed by atoms with Crippen LogP contribution in [0.25, 0.3) is 0 Å². The van der Waals surface area contributed by atoms with E-state index in [1.165, 1.54) is 0 Å². The molecule has 2 N–H and O–H groups in total. The predicted octanol–water partition coefficient (Wildman–Crippen LogP) is 1.66. The minimum absolute atomic E-state index is 0.0474. The minimum Gasteiger partial charge on any atom is -0.462 e. The molecule has 1 saturated carbocycles. The van der Waals surface area contributed by atoms with Gasteiger partial charge in [0, 0.05) is 31.1 Å². The van der Waals surface area contributed by atoms with E-state index in [-0.39, 0.29) is 29.8 Å². The van der Waals surface area contributed by atoms with Crippen molar-refractivity contribution in [2.75, 3.05) is 0 Å². The van der Waals surface area contributed by atoms with Crippen molar-refractivity contribution in [2.45, 2.75) is 57.8 Å². The van der Waals surface area contributed by atoms with Crippen molar-refractivity contribution in [1.82, 2.24) is 0 Å². The maximum atomic E-state index is 11.3. The number of hydrogen-bond donors (Lipinski definition) is 2. The van der Waals surface area contributed by atoms with E-state index in [4.69, 9.17) is 4.74 Å². The van der Waals surface area contributed by atoms with Crippen LogP contribution in [0.1, 0.15) is 39.5 Å². The second-order valence-electron chi connectivity index (χ2n) is 6.04. The zero-order valence-corrected chi connectivity index (χ0v) is 12.7. The van der Waals surface area contributed by atoms with E-state index >= 15 is 0 Å². The average molecular weight is 292 g/mol. The van der Waals surface area contributed by atoms with Gasteiger partial charge in [0.15, 0.2) is 0 Å². The third-order valence-electron chi connectivity index (χ3n) is 4.41. The molecule has 0 bridgehead atoms. The highest BCUT2D eigenvalue weighted by molar-refractivity contribution is 5.72. The first-order valence-electron chi connectivity index (χ1n) is 7.72. The molecular weight excluding hydrogens is 268 g/mol. The molecule has 2 rings (SSSR count). The molecule has 4 heteroatoms. The van der Waals surface area contributed by atoms with Gasteiger partial charge in [-0.2, -0.15) is 0 Å². The zero-order valence-electron chi connectivity index (χ0n) is 12.7. The molecule has 6 atom stereocenters. The number of fused-ring (bicyclic) bond motifs is 1. The van der Waals surface area contributed by atoms with Crippen molar-refractivity contribution < 1.29 is 19.7 Å². The summed E-state index contributed by atoms with van der Waals surface area (Å²) < 4.78 is 5.19. The summed E-state index contributed by atoms with van der Waals surface area (Å²) in [5, 5.41) is 20.2. The summed E-state index contributed by atoms with van der Waals surface area (Å²) in [7, 11) is 0. The zero-order chi connectivity index (χ0) is 15.4. The normalized spacial score (nSPS) is 34.2. The van der Waals surface area contributed by atoms with Crippen LogP contribution in [0.2, 0.25) is 0 Å². The number of aliphatic hydroxyl groups excluding tert-OH is 2. The van der Waals surface area contributed by atoms with Crippen molar-refractivity contribution in [3.05, 3.63) is 12.2 Å². The number of carbonyl (C=O) groups excluding carboxylic acids is 1. The van der Waals surface area contributed by atoms with E-state index in [0.717, 1.165) is 6.42 Å². The van der Waals surface area contributed by atoms with Gasteiger partial charge in [-0.25, -0.2) is 0 Å². The SMILES string of the molecule is CCC#CC[C@H](C)[C@H](O)/C=C/[C@@H]1[C@H]2CC(=O)O[C@H]2C[C@H]1O. The highest BCUT2D eigenvalue weighted by Crippen LogP contribution is 2.42. The fraction of sp³-hybridized carbons (Fsp3) is 0.706. The largest absolute Gasteiger partial charge is 0.462 e. The Hall–Kier alpha value is -1.31. The highest BCUT2D eigenvalue weighted by Gasteiger charge is 2.48. The number of ether oxygens (including phenoxy) is 1. The maximum absolute atomic E-state index is 11.3. The molecule has 1 heterocycles. The van der Waals surface area contributed by atoms with E-state index in [0.29, 0.717) is 19.3 Å². The molecule has 1 aliphatic heterocycles. The first-order chi connectivity index (χ1) is 10.0. The quantitative estimate of drug-likeness (QED) is 0.470. The van der Waals surface area contributed by atoms with Crippen LogP contribution in [0, 0.1) is 29.6 Å². The predicted molar refractivity (Wildman–Crippen MR) is 79.1 cm³/mol. The molecule has 2 aliphatic rings. The van der Waals surface area contributed by atoms with Crippen LogP contribution in [0.3, 0.4) is 0 Å². The Morgan fingerprint density at radius 3 is 2.95 bits per heavy atom. The Kier molecular flexibility index (Phi) is 5.44. The van der Waals surface area contributed by atoms with Gasteiger partial charge in [-0.05, 0) is 5.92 Å². The Morgan fingerprint density at radius 1 is 1.48 bits per heavy atom. The molecule has 116 valence electrons. The van der Waals surface area contributed by atoms with Crippen LogP contribution in [0.5, 0.6) is 0 Å². The van der Waals surface area contributed by atoms with Crippen LogP contribution in [-0.4, -0.2) is 34.5 Å². The Labute approximate surface area is 126 Å². The van der Waals surface area contributed by atoms with Gasteiger partial charge in [0.25, 0.3) is 0 Å². The number of carbonyl (C=O) groups is 1. The van der Waals surface area contributed by atoms with E-state index in [2.05, 4.69) is 11.8 Å². The summed E-state index contributed by atoms with van der Waals surface area (Å²) in [4.78, 5) is 11.3. The summed E-state index contributed by atoms with van der Waals surface area (Å²) in [5.74, 6) is 5.84. The summed E-state index contributed by atoms with van der Waals surface area (Å²) >= 11 is 0. The lowest BCUT2D eigenvalue weighted by Gasteiger charge is -2.17. The molecule has 2 fully saturated rings. The van der Waals surface area contributed by atoms with Gasteiger partial charge in [0.05, 0.1) is 18.6 Å². The second-order valence-corrected chi connectivity index (χ2v) is 6.04. The molecule has 1 saturated heterocycles. The number of hydrogen-bond acceptors (Lipinski definition) is 4. The topological polar surface area (TPSA) is 66.8 Å².